The van der Waals surface area contributed by atoms with Crippen LogP contribution in [0.5, 0.6) is 5.75 Å². The van der Waals surface area contributed by atoms with Gasteiger partial charge in [-0.2, -0.15) is 4.31 Å². The van der Waals surface area contributed by atoms with Gasteiger partial charge in [0, 0.05) is 44.3 Å². The topological polar surface area (TPSA) is 79.0 Å². The van der Waals surface area contributed by atoms with Gasteiger partial charge in [-0.3, -0.25) is 9.69 Å². The first-order chi connectivity index (χ1) is 15.3. The van der Waals surface area contributed by atoms with Crippen LogP contribution in [0.4, 0.5) is 4.39 Å². The highest BCUT2D eigenvalue weighted by Crippen LogP contribution is 2.33. The molecule has 0 unspecified atom stereocenters. The molecule has 1 amide bonds. The summed E-state index contributed by atoms with van der Waals surface area (Å²) in [6.45, 7) is 4.67. The average molecular weight is 470 g/mol. The van der Waals surface area contributed by atoms with E-state index in [0.29, 0.717) is 44.7 Å². The number of halogens is 1. The second kappa shape index (κ2) is 10.9. The van der Waals surface area contributed by atoms with E-state index in [1.54, 1.807) is 4.31 Å². The van der Waals surface area contributed by atoms with Gasteiger partial charge in [0.25, 0.3) is 5.91 Å². The molecular weight excluding hydrogens is 433 g/mol. The Morgan fingerprint density at radius 2 is 1.78 bits per heavy atom. The summed E-state index contributed by atoms with van der Waals surface area (Å²) in [6, 6.07) is 3.92. The number of nitrogens with zero attached hydrogens (tertiary/aromatic N) is 2. The van der Waals surface area contributed by atoms with Crippen molar-refractivity contribution >= 4 is 15.9 Å². The van der Waals surface area contributed by atoms with E-state index in [2.05, 4.69) is 10.2 Å². The predicted molar refractivity (Wildman–Crippen MR) is 123 cm³/mol. The van der Waals surface area contributed by atoms with Crippen molar-refractivity contribution in [1.29, 1.82) is 0 Å². The van der Waals surface area contributed by atoms with Crippen LogP contribution in [0, 0.1) is 5.82 Å². The van der Waals surface area contributed by atoms with Gasteiger partial charge < -0.3 is 10.1 Å². The van der Waals surface area contributed by atoms with Crippen molar-refractivity contribution in [2.75, 3.05) is 45.6 Å². The standard InChI is InChI=1S/C23H36FN3O4S/c1-3-16-32(29,30)27-14-12-26(13-15-27)23(10-6-4-5-7-11-23)18-25-22(28)20-9-8-19(24)17-21(20)31-2/h8-9,17H,3-7,10-16,18H2,1-2H3,(H,25,28). The summed E-state index contributed by atoms with van der Waals surface area (Å²) in [7, 11) is -1.77. The Bertz CT molecular complexity index is 877. The fourth-order valence-electron chi connectivity index (χ4n) is 5.01. The lowest BCUT2D eigenvalue weighted by atomic mass is 9.87. The second-order valence-corrected chi connectivity index (χ2v) is 11.0. The fraction of sp³-hybridized carbons (Fsp3) is 0.696. The molecule has 32 heavy (non-hydrogen) atoms. The minimum absolute atomic E-state index is 0.188. The number of carbonyl (C=O) groups is 1. The zero-order valence-electron chi connectivity index (χ0n) is 19.2. The maximum Gasteiger partial charge on any atom is 0.255 e. The van der Waals surface area contributed by atoms with Crippen LogP contribution in [-0.4, -0.2) is 74.7 Å². The van der Waals surface area contributed by atoms with Crippen molar-refractivity contribution in [3.8, 4) is 5.75 Å². The molecule has 0 spiro atoms. The van der Waals surface area contributed by atoms with Crippen molar-refractivity contribution in [3.05, 3.63) is 29.6 Å². The molecule has 1 aliphatic heterocycles. The molecule has 1 saturated carbocycles. The highest BCUT2D eigenvalue weighted by Gasteiger charge is 2.40. The van der Waals surface area contributed by atoms with Crippen LogP contribution in [0.15, 0.2) is 18.2 Å². The molecule has 1 saturated heterocycles. The summed E-state index contributed by atoms with van der Waals surface area (Å²) in [5, 5.41) is 3.08. The quantitative estimate of drug-likeness (QED) is 0.592. The van der Waals surface area contributed by atoms with Crippen LogP contribution < -0.4 is 10.1 Å². The lowest BCUT2D eigenvalue weighted by molar-refractivity contribution is 0.0391. The number of hydrogen-bond acceptors (Lipinski definition) is 5. The maximum atomic E-state index is 13.5. The Morgan fingerprint density at radius 3 is 2.38 bits per heavy atom. The van der Waals surface area contributed by atoms with Gasteiger partial charge in [0.2, 0.25) is 10.0 Å². The predicted octanol–water partition coefficient (Wildman–Crippen LogP) is 3.01. The van der Waals surface area contributed by atoms with Crippen LogP contribution in [-0.2, 0) is 10.0 Å². The molecular formula is C23H36FN3O4S. The van der Waals surface area contributed by atoms with Crippen molar-refractivity contribution in [2.24, 2.45) is 0 Å². The molecule has 9 heteroatoms. The van der Waals surface area contributed by atoms with Gasteiger partial charge in [-0.25, -0.2) is 12.8 Å². The summed E-state index contributed by atoms with van der Waals surface area (Å²) >= 11 is 0. The first-order valence-corrected chi connectivity index (χ1v) is 13.3. The van der Waals surface area contributed by atoms with E-state index in [-0.39, 0.29) is 22.9 Å². The smallest absolute Gasteiger partial charge is 0.255 e. The van der Waals surface area contributed by atoms with Crippen LogP contribution in [0.3, 0.4) is 0 Å². The van der Waals surface area contributed by atoms with E-state index in [0.717, 1.165) is 25.7 Å². The summed E-state index contributed by atoms with van der Waals surface area (Å²) in [4.78, 5) is 15.3. The molecule has 1 aromatic carbocycles. The van der Waals surface area contributed by atoms with E-state index in [4.69, 9.17) is 4.74 Å². The van der Waals surface area contributed by atoms with Crippen molar-refractivity contribution in [2.45, 2.75) is 57.4 Å². The second-order valence-electron chi connectivity index (χ2n) is 8.87. The third-order valence-corrected chi connectivity index (χ3v) is 8.86. The number of piperazine rings is 1. The molecule has 2 fully saturated rings. The number of carbonyl (C=O) groups excluding carboxylic acids is 1. The van der Waals surface area contributed by atoms with E-state index in [1.165, 1.54) is 38.2 Å². The average Bonchev–Trinajstić information content (AvgIpc) is 3.04. The molecule has 0 atom stereocenters. The van der Waals surface area contributed by atoms with Crippen LogP contribution in [0.2, 0.25) is 0 Å². The Kier molecular flexibility index (Phi) is 8.52. The Balaban J connectivity index is 1.72. The largest absolute Gasteiger partial charge is 0.496 e. The van der Waals surface area contributed by atoms with Crippen molar-refractivity contribution in [1.82, 2.24) is 14.5 Å². The molecule has 3 rings (SSSR count). The van der Waals surface area contributed by atoms with E-state index in [1.807, 2.05) is 6.92 Å². The lowest BCUT2D eigenvalue weighted by Gasteiger charge is -2.47. The number of sulfonamides is 1. The van der Waals surface area contributed by atoms with Gasteiger partial charge in [0.1, 0.15) is 11.6 Å². The first kappa shape index (κ1) is 24.9. The molecule has 1 heterocycles. The molecule has 0 aromatic heterocycles. The number of benzene rings is 1. The summed E-state index contributed by atoms with van der Waals surface area (Å²) in [6.07, 6.45) is 7.07. The molecule has 2 aliphatic rings. The highest BCUT2D eigenvalue weighted by molar-refractivity contribution is 7.89. The van der Waals surface area contributed by atoms with Crippen LogP contribution >= 0.6 is 0 Å². The Morgan fingerprint density at radius 1 is 1.12 bits per heavy atom. The zero-order chi connectivity index (χ0) is 23.2. The third kappa shape index (κ3) is 5.80. The van der Waals surface area contributed by atoms with Gasteiger partial charge in [0.15, 0.2) is 0 Å². The molecule has 1 N–H and O–H groups in total. The van der Waals surface area contributed by atoms with E-state index < -0.39 is 15.8 Å². The number of nitrogens with one attached hydrogen (secondary N) is 1. The molecule has 7 nitrogen and oxygen atoms in total. The minimum Gasteiger partial charge on any atom is -0.496 e. The van der Waals surface area contributed by atoms with Gasteiger partial charge >= 0.3 is 0 Å². The van der Waals surface area contributed by atoms with Crippen LogP contribution in [0.25, 0.3) is 0 Å². The number of hydrogen-bond donors (Lipinski definition) is 1. The van der Waals surface area contributed by atoms with E-state index >= 15 is 0 Å². The Hall–Kier alpha value is -1.71. The monoisotopic (exact) mass is 469 g/mol. The lowest BCUT2D eigenvalue weighted by Crippen LogP contribution is -2.61. The number of ether oxygens (including phenoxy) is 1. The maximum absolute atomic E-state index is 13.5. The molecule has 180 valence electrons. The fourth-order valence-corrected chi connectivity index (χ4v) is 6.51. The van der Waals surface area contributed by atoms with E-state index in [9.17, 15) is 17.6 Å². The highest BCUT2D eigenvalue weighted by atomic mass is 32.2. The molecule has 0 radical (unpaired) electrons. The minimum atomic E-state index is -3.20. The molecule has 1 aliphatic carbocycles. The molecule has 0 bridgehead atoms. The van der Waals surface area contributed by atoms with Crippen molar-refractivity contribution in [3.63, 3.8) is 0 Å². The normalized spacial score (nSPS) is 20.5. The SMILES string of the molecule is CCCS(=O)(=O)N1CCN(C2(CNC(=O)c3ccc(F)cc3OC)CCCCCC2)CC1. The van der Waals surface area contributed by atoms with Gasteiger partial charge in [-0.1, -0.05) is 32.6 Å². The Labute approximate surface area is 191 Å². The van der Waals surface area contributed by atoms with Gasteiger partial charge in [0.05, 0.1) is 18.4 Å². The number of methoxy groups -OCH3 is 1. The molecule has 1 aromatic rings. The summed E-state index contributed by atoms with van der Waals surface area (Å²) in [5.74, 6) is -0.329. The first-order valence-electron chi connectivity index (χ1n) is 11.7. The summed E-state index contributed by atoms with van der Waals surface area (Å²) < 4.78 is 45.3. The van der Waals surface area contributed by atoms with Gasteiger partial charge in [-0.05, 0) is 31.4 Å². The third-order valence-electron chi connectivity index (χ3n) is 6.79. The van der Waals surface area contributed by atoms with Gasteiger partial charge in [-0.15, -0.1) is 0 Å². The number of rotatable bonds is 8. The number of amides is 1. The van der Waals surface area contributed by atoms with Crippen molar-refractivity contribution < 1.29 is 22.3 Å². The van der Waals surface area contributed by atoms with Crippen LogP contribution in [0.1, 0.15) is 62.2 Å². The summed E-state index contributed by atoms with van der Waals surface area (Å²) in [5.41, 5.74) is 0.119. The zero-order valence-corrected chi connectivity index (χ0v) is 20.1.